The summed E-state index contributed by atoms with van der Waals surface area (Å²) in [6.07, 6.45) is 1.92. The van der Waals surface area contributed by atoms with Crippen LogP contribution in [0.15, 0.2) is 39.5 Å². The summed E-state index contributed by atoms with van der Waals surface area (Å²) in [7, 11) is 0. The van der Waals surface area contributed by atoms with Gasteiger partial charge in [-0.05, 0) is 51.0 Å². The number of aromatic hydroxyl groups is 1. The van der Waals surface area contributed by atoms with Crippen LogP contribution in [0.3, 0.4) is 0 Å². The number of aliphatic hydroxyl groups is 1. The summed E-state index contributed by atoms with van der Waals surface area (Å²) in [4.78, 5) is 36.3. The van der Waals surface area contributed by atoms with Gasteiger partial charge in [-0.2, -0.15) is 0 Å². The van der Waals surface area contributed by atoms with Crippen molar-refractivity contribution in [2.45, 2.75) is 72.3 Å². The Balaban J connectivity index is 1.76. The van der Waals surface area contributed by atoms with E-state index < -0.39 is 6.10 Å². The number of esters is 1. The average molecular weight is 555 g/mol. The van der Waals surface area contributed by atoms with Crippen molar-refractivity contribution in [2.75, 3.05) is 19.8 Å². The lowest BCUT2D eigenvalue weighted by Crippen LogP contribution is -2.25. The lowest BCUT2D eigenvalue weighted by Gasteiger charge is -2.18. The molecule has 0 aliphatic carbocycles. The number of aliphatic hydroxyl groups excluding tert-OH is 1. The number of phenolic OH excluding ortho intramolecular Hbond substituents is 1. The van der Waals surface area contributed by atoms with Crippen LogP contribution in [0.5, 0.6) is 17.2 Å². The summed E-state index contributed by atoms with van der Waals surface area (Å²) < 4.78 is 22.8. The van der Waals surface area contributed by atoms with Gasteiger partial charge in [0.05, 0.1) is 24.0 Å². The van der Waals surface area contributed by atoms with E-state index in [-0.39, 0.29) is 61.2 Å². The maximum Gasteiger partial charge on any atom is 0.306 e. The van der Waals surface area contributed by atoms with Crippen molar-refractivity contribution < 1.29 is 38.4 Å². The molecule has 0 aliphatic rings. The molecule has 2 N–H and O–H groups in total. The van der Waals surface area contributed by atoms with Crippen molar-refractivity contribution in [3.05, 3.63) is 63.0 Å². The molecule has 9 heteroatoms. The van der Waals surface area contributed by atoms with Gasteiger partial charge in [-0.25, -0.2) is 0 Å². The molecule has 9 nitrogen and oxygen atoms in total. The second-order valence-electron chi connectivity index (χ2n) is 9.57. The number of hydrogen-bond donors (Lipinski definition) is 2. The molecule has 40 heavy (non-hydrogen) atoms. The molecular formula is C31H38O9. The van der Waals surface area contributed by atoms with Crippen LogP contribution >= 0.6 is 0 Å². The van der Waals surface area contributed by atoms with Crippen molar-refractivity contribution in [1.82, 2.24) is 0 Å². The lowest BCUT2D eigenvalue weighted by molar-refractivity contribution is -0.143. The minimum Gasteiger partial charge on any atom is -0.507 e. The summed E-state index contributed by atoms with van der Waals surface area (Å²) in [6, 6.07) is 7.85. The molecule has 1 atom stereocenters. The molecule has 1 unspecified atom stereocenters. The van der Waals surface area contributed by atoms with Crippen molar-refractivity contribution >= 4 is 22.7 Å². The van der Waals surface area contributed by atoms with Gasteiger partial charge in [0.2, 0.25) is 0 Å². The fourth-order valence-corrected chi connectivity index (χ4v) is 4.46. The first-order chi connectivity index (χ1) is 19.2. The highest BCUT2D eigenvalue weighted by Gasteiger charge is 2.19. The van der Waals surface area contributed by atoms with Gasteiger partial charge in [-0.15, -0.1) is 0 Å². The molecular weight excluding hydrogens is 516 g/mol. The number of rotatable bonds is 15. The average Bonchev–Trinajstić information content (AvgIpc) is 2.92. The molecule has 3 aromatic rings. The van der Waals surface area contributed by atoms with Crippen molar-refractivity contribution in [2.24, 2.45) is 0 Å². The summed E-state index contributed by atoms with van der Waals surface area (Å²) in [6.45, 7) is 7.17. The van der Waals surface area contributed by atoms with E-state index in [1.54, 1.807) is 25.1 Å². The maximum atomic E-state index is 12.8. The Kier molecular flexibility index (Phi) is 11.1. The number of Topliss-reactive ketones (excluding diaryl/α,β-unsaturated/α-hetero) is 1. The standard InChI is InChI=1S/C31H38O9/c1-5-8-24-27(13-11-22(19(4)32)30(24)36)38-17-20(33)18-39-28-14-12-23-26(34)16-21(10-15-29(35)37-7-3)40-31(23)25(28)9-6-2/h11-14,16,20,33,36H,5-10,15,17-18H2,1-4H3. The fourth-order valence-electron chi connectivity index (χ4n) is 4.46. The first-order valence-electron chi connectivity index (χ1n) is 13.7. The van der Waals surface area contributed by atoms with Gasteiger partial charge < -0.3 is 28.8 Å². The molecule has 0 aliphatic heterocycles. The maximum absolute atomic E-state index is 12.8. The number of aryl methyl sites for hydroxylation is 2. The van der Waals surface area contributed by atoms with Crippen LogP contribution in [0.1, 0.15) is 74.2 Å². The SMILES string of the molecule is CCCc1c(OCC(O)COc2ccc3c(=O)cc(CCC(=O)OCC)oc3c2CCC)ccc(C(C)=O)c1O. The molecule has 0 radical (unpaired) electrons. The van der Waals surface area contributed by atoms with E-state index in [9.17, 15) is 24.6 Å². The molecule has 0 saturated heterocycles. The van der Waals surface area contributed by atoms with E-state index in [1.807, 2.05) is 13.8 Å². The van der Waals surface area contributed by atoms with Crippen LogP contribution < -0.4 is 14.9 Å². The first-order valence-corrected chi connectivity index (χ1v) is 13.7. The fraction of sp³-hybridized carbons (Fsp3) is 0.452. The smallest absolute Gasteiger partial charge is 0.306 e. The van der Waals surface area contributed by atoms with Gasteiger partial charge in [-0.1, -0.05) is 26.7 Å². The van der Waals surface area contributed by atoms with E-state index in [2.05, 4.69) is 0 Å². The number of benzene rings is 2. The molecule has 0 amide bonds. The number of fused-ring (bicyclic) bond motifs is 1. The van der Waals surface area contributed by atoms with Crippen LogP contribution in [0, 0.1) is 0 Å². The zero-order chi connectivity index (χ0) is 29.2. The highest BCUT2D eigenvalue weighted by Crippen LogP contribution is 2.33. The predicted molar refractivity (Wildman–Crippen MR) is 151 cm³/mol. The molecule has 0 bridgehead atoms. The summed E-state index contributed by atoms with van der Waals surface area (Å²) in [5, 5.41) is 21.6. The third-order valence-electron chi connectivity index (χ3n) is 6.37. The zero-order valence-electron chi connectivity index (χ0n) is 23.6. The highest BCUT2D eigenvalue weighted by molar-refractivity contribution is 5.97. The van der Waals surface area contributed by atoms with Gasteiger partial charge in [0.15, 0.2) is 11.2 Å². The third-order valence-corrected chi connectivity index (χ3v) is 6.37. The van der Waals surface area contributed by atoms with Crippen molar-refractivity contribution in [3.8, 4) is 17.2 Å². The highest BCUT2D eigenvalue weighted by atomic mass is 16.5. The van der Waals surface area contributed by atoms with Crippen LogP contribution in [0.25, 0.3) is 11.0 Å². The third kappa shape index (κ3) is 7.63. The Hall–Kier alpha value is -3.85. The number of ketones is 1. The minimum atomic E-state index is -1.00. The van der Waals surface area contributed by atoms with E-state index >= 15 is 0 Å². The molecule has 216 valence electrons. The Morgan fingerprint density at radius 2 is 1.55 bits per heavy atom. The zero-order valence-corrected chi connectivity index (χ0v) is 23.6. The van der Waals surface area contributed by atoms with Crippen molar-refractivity contribution in [3.63, 3.8) is 0 Å². The summed E-state index contributed by atoms with van der Waals surface area (Å²) in [5.41, 5.74) is 1.66. The number of phenols is 1. The van der Waals surface area contributed by atoms with E-state index in [0.29, 0.717) is 52.2 Å². The number of hydrogen-bond acceptors (Lipinski definition) is 9. The molecule has 0 fully saturated rings. The van der Waals surface area contributed by atoms with E-state index in [0.717, 1.165) is 12.8 Å². The number of carbonyl (C=O) groups excluding carboxylic acids is 2. The van der Waals surface area contributed by atoms with Gasteiger partial charge in [0.25, 0.3) is 0 Å². The summed E-state index contributed by atoms with van der Waals surface area (Å²) in [5.74, 6) is 0.567. The Morgan fingerprint density at radius 3 is 2.17 bits per heavy atom. The van der Waals surface area contributed by atoms with Gasteiger partial charge >= 0.3 is 5.97 Å². The van der Waals surface area contributed by atoms with Crippen LogP contribution in [0.4, 0.5) is 0 Å². The second kappa shape index (κ2) is 14.5. The Bertz CT molecular complexity index is 1390. The quantitative estimate of drug-likeness (QED) is 0.198. The van der Waals surface area contributed by atoms with E-state index in [1.165, 1.54) is 19.1 Å². The Morgan fingerprint density at radius 1 is 0.925 bits per heavy atom. The molecule has 3 rings (SSSR count). The van der Waals surface area contributed by atoms with Crippen LogP contribution in [-0.4, -0.2) is 47.9 Å². The topological polar surface area (TPSA) is 132 Å². The molecule has 0 saturated carbocycles. The molecule has 1 aromatic heterocycles. The van der Waals surface area contributed by atoms with Gasteiger partial charge in [-0.3, -0.25) is 14.4 Å². The first kappa shape index (κ1) is 30.7. The number of carbonyl (C=O) groups is 2. The monoisotopic (exact) mass is 554 g/mol. The Labute approximate surface area is 233 Å². The lowest BCUT2D eigenvalue weighted by atomic mass is 10.0. The van der Waals surface area contributed by atoms with Crippen molar-refractivity contribution in [1.29, 1.82) is 0 Å². The molecule has 2 aromatic carbocycles. The molecule has 1 heterocycles. The van der Waals surface area contributed by atoms with Gasteiger partial charge in [0, 0.05) is 23.6 Å². The predicted octanol–water partition coefficient (Wildman–Crippen LogP) is 4.92. The minimum absolute atomic E-state index is 0.0877. The van der Waals surface area contributed by atoms with Crippen LogP contribution in [0.2, 0.25) is 0 Å². The normalized spacial score (nSPS) is 11.8. The summed E-state index contributed by atoms with van der Waals surface area (Å²) >= 11 is 0. The molecule has 0 spiro atoms. The number of ether oxygens (including phenoxy) is 3. The van der Waals surface area contributed by atoms with E-state index in [4.69, 9.17) is 18.6 Å². The largest absolute Gasteiger partial charge is 0.507 e. The van der Waals surface area contributed by atoms with Crippen LogP contribution in [-0.2, 0) is 28.8 Å². The second-order valence-corrected chi connectivity index (χ2v) is 9.57. The van der Waals surface area contributed by atoms with Gasteiger partial charge in [0.1, 0.15) is 47.9 Å².